The minimum atomic E-state index is -0.0506. The Hall–Kier alpha value is -2.66. The van der Waals surface area contributed by atoms with E-state index < -0.39 is 0 Å². The molecule has 0 aliphatic carbocycles. The smallest absolute Gasteiger partial charge is 0.266 e. The maximum Gasteiger partial charge on any atom is 0.266 e. The van der Waals surface area contributed by atoms with E-state index in [2.05, 4.69) is 19.2 Å². The van der Waals surface area contributed by atoms with Crippen molar-refractivity contribution in [2.75, 3.05) is 13.7 Å². The van der Waals surface area contributed by atoms with Crippen LogP contribution in [0.2, 0.25) is 0 Å². The number of aromatic nitrogens is 2. The molecule has 0 bridgehead atoms. The van der Waals surface area contributed by atoms with Crippen molar-refractivity contribution in [2.45, 2.75) is 45.6 Å². The van der Waals surface area contributed by atoms with Crippen LogP contribution in [0.15, 0.2) is 53.3 Å². The highest BCUT2D eigenvalue weighted by atomic mass is 16.5. The van der Waals surface area contributed by atoms with Crippen molar-refractivity contribution in [2.24, 2.45) is 0 Å². The first kappa shape index (κ1) is 20.1. The van der Waals surface area contributed by atoms with Crippen LogP contribution in [0.25, 0.3) is 16.6 Å². The molecule has 3 rings (SSSR count). The van der Waals surface area contributed by atoms with Gasteiger partial charge >= 0.3 is 0 Å². The van der Waals surface area contributed by atoms with Crippen LogP contribution in [-0.4, -0.2) is 23.2 Å². The first-order valence-corrected chi connectivity index (χ1v) is 10.0. The maximum atomic E-state index is 13.3. The molecule has 5 nitrogen and oxygen atoms in total. The number of para-hydroxylation sites is 1. The lowest BCUT2D eigenvalue weighted by Crippen LogP contribution is -2.30. The Morgan fingerprint density at radius 3 is 2.54 bits per heavy atom. The zero-order valence-electron chi connectivity index (χ0n) is 16.9. The molecule has 0 saturated carbocycles. The van der Waals surface area contributed by atoms with Crippen LogP contribution in [0, 0.1) is 0 Å². The van der Waals surface area contributed by atoms with Gasteiger partial charge in [0.05, 0.1) is 29.7 Å². The summed E-state index contributed by atoms with van der Waals surface area (Å²) in [6.07, 6.45) is 4.81. The summed E-state index contributed by atoms with van der Waals surface area (Å²) < 4.78 is 6.97. The molecule has 0 saturated heterocycles. The predicted molar refractivity (Wildman–Crippen MR) is 114 cm³/mol. The lowest BCUT2D eigenvalue weighted by atomic mass is 10.2. The van der Waals surface area contributed by atoms with Crippen molar-refractivity contribution in [3.63, 3.8) is 0 Å². The first-order valence-electron chi connectivity index (χ1n) is 10.0. The summed E-state index contributed by atoms with van der Waals surface area (Å²) >= 11 is 0. The highest BCUT2D eigenvalue weighted by Crippen LogP contribution is 2.20. The third kappa shape index (κ3) is 4.42. The van der Waals surface area contributed by atoms with Gasteiger partial charge in [0.25, 0.3) is 5.56 Å². The molecule has 0 unspecified atom stereocenters. The van der Waals surface area contributed by atoms with Crippen LogP contribution < -0.4 is 15.6 Å². The van der Waals surface area contributed by atoms with E-state index in [4.69, 9.17) is 9.72 Å². The molecule has 1 aromatic heterocycles. The van der Waals surface area contributed by atoms with Crippen molar-refractivity contribution in [3.05, 3.63) is 64.7 Å². The summed E-state index contributed by atoms with van der Waals surface area (Å²) in [7, 11) is 1.63. The Bertz CT molecular complexity index is 964. The second kappa shape index (κ2) is 9.51. The molecule has 1 N–H and O–H groups in total. The third-order valence-corrected chi connectivity index (χ3v) is 5.00. The van der Waals surface area contributed by atoms with Crippen LogP contribution in [0.5, 0.6) is 5.75 Å². The van der Waals surface area contributed by atoms with Gasteiger partial charge in [0.1, 0.15) is 11.6 Å². The summed E-state index contributed by atoms with van der Waals surface area (Å²) in [5, 5.41) is 4.16. The number of methoxy groups -OCH3 is 1. The summed E-state index contributed by atoms with van der Waals surface area (Å²) in [5.41, 5.74) is 1.47. The monoisotopic (exact) mass is 379 g/mol. The molecule has 148 valence electrons. The van der Waals surface area contributed by atoms with Gasteiger partial charge in [-0.05, 0) is 56.3 Å². The SMILES string of the molecule is CCCCCCN[C@@H](C)c1nc2ccccc2c(=O)n1-c1ccc(OC)cc1. The van der Waals surface area contributed by atoms with Crippen molar-refractivity contribution >= 4 is 10.9 Å². The number of hydrogen-bond donors (Lipinski definition) is 1. The topological polar surface area (TPSA) is 56.2 Å². The number of unbranched alkanes of at least 4 members (excludes halogenated alkanes) is 3. The Kier molecular flexibility index (Phi) is 6.82. The molecule has 1 heterocycles. The van der Waals surface area contributed by atoms with Crippen LogP contribution in [-0.2, 0) is 0 Å². The van der Waals surface area contributed by atoms with Gasteiger partial charge in [-0.15, -0.1) is 0 Å². The predicted octanol–water partition coefficient (Wildman–Crippen LogP) is 4.63. The van der Waals surface area contributed by atoms with E-state index in [-0.39, 0.29) is 11.6 Å². The van der Waals surface area contributed by atoms with Gasteiger partial charge in [0, 0.05) is 0 Å². The average Bonchev–Trinajstić information content (AvgIpc) is 2.73. The van der Waals surface area contributed by atoms with Crippen molar-refractivity contribution in [3.8, 4) is 11.4 Å². The Labute approximate surface area is 166 Å². The van der Waals surface area contributed by atoms with Crippen molar-refractivity contribution in [1.29, 1.82) is 0 Å². The molecular formula is C23H29N3O2. The molecular weight excluding hydrogens is 350 g/mol. The van der Waals surface area contributed by atoms with Crippen molar-refractivity contribution in [1.82, 2.24) is 14.9 Å². The minimum Gasteiger partial charge on any atom is -0.497 e. The molecule has 1 atom stereocenters. The van der Waals surface area contributed by atoms with Gasteiger partial charge in [0.2, 0.25) is 0 Å². The second-order valence-electron chi connectivity index (χ2n) is 7.06. The molecule has 0 fully saturated rings. The number of nitrogens with one attached hydrogen (secondary N) is 1. The summed E-state index contributed by atoms with van der Waals surface area (Å²) in [4.78, 5) is 18.1. The highest BCUT2D eigenvalue weighted by molar-refractivity contribution is 5.77. The van der Waals surface area contributed by atoms with E-state index in [0.29, 0.717) is 5.39 Å². The zero-order valence-corrected chi connectivity index (χ0v) is 16.9. The molecule has 0 aliphatic rings. The van der Waals surface area contributed by atoms with Crippen molar-refractivity contribution < 1.29 is 4.74 Å². The molecule has 28 heavy (non-hydrogen) atoms. The molecule has 3 aromatic rings. The normalized spacial score (nSPS) is 12.2. The number of ether oxygens (including phenoxy) is 1. The molecule has 0 aliphatic heterocycles. The fraction of sp³-hybridized carbons (Fsp3) is 0.391. The van der Waals surface area contributed by atoms with Gasteiger partial charge < -0.3 is 10.1 Å². The summed E-state index contributed by atoms with van der Waals surface area (Å²) in [6.45, 7) is 5.19. The van der Waals surface area contributed by atoms with E-state index in [1.165, 1.54) is 19.3 Å². The number of benzene rings is 2. The number of hydrogen-bond acceptors (Lipinski definition) is 4. The third-order valence-electron chi connectivity index (χ3n) is 5.00. The average molecular weight is 380 g/mol. The van der Waals surface area contributed by atoms with E-state index in [0.717, 1.165) is 35.7 Å². The van der Waals surface area contributed by atoms with Crippen LogP contribution in [0.4, 0.5) is 0 Å². The Balaban J connectivity index is 2.00. The standard InChI is InChI=1S/C23H29N3O2/c1-4-5-6-9-16-24-17(2)22-25-21-11-8-7-10-20(21)23(27)26(22)18-12-14-19(28-3)15-13-18/h7-8,10-15,17,24H,4-6,9,16H2,1-3H3/t17-/m0/s1. The number of rotatable bonds is 9. The maximum absolute atomic E-state index is 13.3. The van der Waals surface area contributed by atoms with Gasteiger partial charge in [0.15, 0.2) is 0 Å². The lowest BCUT2D eigenvalue weighted by Gasteiger charge is -2.20. The molecule has 5 heteroatoms. The van der Waals surface area contributed by atoms with E-state index in [1.54, 1.807) is 11.7 Å². The summed E-state index contributed by atoms with van der Waals surface area (Å²) in [5.74, 6) is 1.48. The highest BCUT2D eigenvalue weighted by Gasteiger charge is 2.17. The quantitative estimate of drug-likeness (QED) is 0.551. The lowest BCUT2D eigenvalue weighted by molar-refractivity contribution is 0.414. The Morgan fingerprint density at radius 2 is 1.82 bits per heavy atom. The fourth-order valence-corrected chi connectivity index (χ4v) is 3.38. The van der Waals surface area contributed by atoms with Gasteiger partial charge in [-0.2, -0.15) is 0 Å². The second-order valence-corrected chi connectivity index (χ2v) is 7.06. The molecule has 0 radical (unpaired) electrons. The fourth-order valence-electron chi connectivity index (χ4n) is 3.38. The van der Waals surface area contributed by atoms with E-state index >= 15 is 0 Å². The Morgan fingerprint density at radius 1 is 1.07 bits per heavy atom. The largest absolute Gasteiger partial charge is 0.497 e. The van der Waals surface area contributed by atoms with E-state index in [1.807, 2.05) is 48.5 Å². The number of nitrogens with zero attached hydrogens (tertiary/aromatic N) is 2. The zero-order chi connectivity index (χ0) is 19.9. The van der Waals surface area contributed by atoms with Gasteiger partial charge in [-0.1, -0.05) is 38.3 Å². The molecule has 2 aromatic carbocycles. The van der Waals surface area contributed by atoms with Gasteiger partial charge in [-0.25, -0.2) is 4.98 Å². The van der Waals surface area contributed by atoms with Gasteiger partial charge in [-0.3, -0.25) is 9.36 Å². The first-order chi connectivity index (χ1) is 13.7. The minimum absolute atomic E-state index is 0.0407. The van der Waals surface area contributed by atoms with E-state index in [9.17, 15) is 4.79 Å². The van der Waals surface area contributed by atoms with Crippen LogP contribution >= 0.6 is 0 Å². The molecule has 0 spiro atoms. The van der Waals surface area contributed by atoms with Crippen LogP contribution in [0.1, 0.15) is 51.4 Å². The number of fused-ring (bicyclic) bond motifs is 1. The molecule has 0 amide bonds. The summed E-state index contributed by atoms with van der Waals surface area (Å²) in [6, 6.07) is 15.0. The van der Waals surface area contributed by atoms with Crippen LogP contribution in [0.3, 0.4) is 0 Å².